The standard InChI is InChI=1S/C63H64BN3O/c1-39-21-17-18-26-52(39)67-53-38-56-45(46-36-48-49(37-55(46)68-56)61(7,8)30-29-60(48,5)6)35-44(53)47-33-43(65(41-22-13-11-14-23-41)42-24-15-12-16-25-42)34-54-57(47)64(67)51-32-40(59(2,3)4)31-50-58(51)66(54)63(10)28-20-19-27-62(50,63)9/h11-18,21-26,31-38H,19-20,27-30H2,1-10H3. The van der Waals surface area contributed by atoms with E-state index >= 15 is 0 Å². The first-order valence-corrected chi connectivity index (χ1v) is 25.5. The number of hydrogen-bond donors (Lipinski definition) is 0. The Bertz CT molecular complexity index is 3370. The highest BCUT2D eigenvalue weighted by atomic mass is 16.3. The van der Waals surface area contributed by atoms with E-state index in [0.29, 0.717) is 0 Å². The third-order valence-electron chi connectivity index (χ3n) is 18.1. The Labute approximate surface area is 404 Å². The van der Waals surface area contributed by atoms with Crippen molar-refractivity contribution >= 4 is 79.5 Å². The topological polar surface area (TPSA) is 22.9 Å². The molecule has 4 heterocycles. The fourth-order valence-electron chi connectivity index (χ4n) is 13.9. The molecule has 2 atom stereocenters. The van der Waals surface area contributed by atoms with Crippen LogP contribution in [0.25, 0.3) is 33.1 Å². The van der Waals surface area contributed by atoms with Gasteiger partial charge in [0.25, 0.3) is 0 Å². The monoisotopic (exact) mass is 890 g/mol. The summed E-state index contributed by atoms with van der Waals surface area (Å²) < 4.78 is 7.16. The van der Waals surface area contributed by atoms with E-state index in [0.717, 1.165) is 29.0 Å². The van der Waals surface area contributed by atoms with Crippen molar-refractivity contribution in [3.63, 3.8) is 0 Å². The smallest absolute Gasteiger partial charge is 0.333 e. The lowest BCUT2D eigenvalue weighted by atomic mass is 9.43. The molecular weight excluding hydrogens is 826 g/mol. The second-order valence-electron chi connectivity index (χ2n) is 24.0. The minimum absolute atomic E-state index is 0.0356. The van der Waals surface area contributed by atoms with Crippen molar-refractivity contribution < 1.29 is 4.42 Å². The molecule has 68 heavy (non-hydrogen) atoms. The zero-order chi connectivity index (χ0) is 46.9. The third kappa shape index (κ3) is 5.62. The van der Waals surface area contributed by atoms with E-state index in [9.17, 15) is 0 Å². The Morgan fingerprint density at radius 2 is 1.18 bits per heavy atom. The van der Waals surface area contributed by atoms with Crippen LogP contribution in [0.3, 0.4) is 0 Å². The van der Waals surface area contributed by atoms with Crippen LogP contribution < -0.4 is 25.5 Å². The lowest BCUT2D eigenvalue weighted by Crippen LogP contribution is -2.64. The van der Waals surface area contributed by atoms with Crippen molar-refractivity contribution in [1.82, 2.24) is 0 Å². The molecule has 3 aliphatic heterocycles. The molecule has 0 N–H and O–H groups in total. The highest BCUT2D eigenvalue weighted by Crippen LogP contribution is 2.63. The van der Waals surface area contributed by atoms with Crippen LogP contribution in [0.2, 0.25) is 0 Å². The van der Waals surface area contributed by atoms with Gasteiger partial charge in [0, 0.05) is 67.6 Å². The second-order valence-corrected chi connectivity index (χ2v) is 24.0. The van der Waals surface area contributed by atoms with Crippen LogP contribution in [0, 0.1) is 6.92 Å². The Morgan fingerprint density at radius 3 is 1.85 bits per heavy atom. The van der Waals surface area contributed by atoms with Crippen molar-refractivity contribution in [2.75, 3.05) is 14.6 Å². The molecule has 2 unspecified atom stereocenters. The van der Waals surface area contributed by atoms with Gasteiger partial charge in [-0.1, -0.05) is 135 Å². The Hall–Kier alpha value is -6.20. The van der Waals surface area contributed by atoms with Crippen molar-refractivity contribution in [3.05, 3.63) is 161 Å². The average molecular weight is 890 g/mol. The SMILES string of the molecule is Cc1ccccc1N1B2c3cc(C(C)(C)C)cc4c3N(c3cc(N(c5ccccc5)c5ccccc5)cc(c32)-c2cc3c(cc21)oc1cc2c(cc13)C(C)(C)CCC2(C)C)C1(C)CCCCC41C. The normalized spacial score (nSPS) is 21.6. The van der Waals surface area contributed by atoms with Gasteiger partial charge in [0.15, 0.2) is 0 Å². The first kappa shape index (κ1) is 41.9. The molecule has 340 valence electrons. The van der Waals surface area contributed by atoms with Crippen molar-refractivity contribution in [2.24, 2.45) is 0 Å². The van der Waals surface area contributed by atoms with E-state index in [1.807, 2.05) is 0 Å². The zero-order valence-corrected chi connectivity index (χ0v) is 41.8. The predicted molar refractivity (Wildman–Crippen MR) is 289 cm³/mol. The van der Waals surface area contributed by atoms with Gasteiger partial charge in [-0.15, -0.1) is 0 Å². The molecule has 0 spiro atoms. The van der Waals surface area contributed by atoms with Gasteiger partial charge in [-0.05, 0) is 161 Å². The molecule has 8 aromatic rings. The second kappa shape index (κ2) is 14.0. The van der Waals surface area contributed by atoms with Gasteiger partial charge in [-0.25, -0.2) is 0 Å². The Kier molecular flexibility index (Phi) is 8.61. The Morgan fingerprint density at radius 1 is 0.559 bits per heavy atom. The van der Waals surface area contributed by atoms with Crippen LogP contribution in [-0.2, 0) is 21.7 Å². The van der Waals surface area contributed by atoms with Crippen molar-refractivity contribution in [1.29, 1.82) is 0 Å². The summed E-state index contributed by atoms with van der Waals surface area (Å²) in [4.78, 5) is 8.09. The predicted octanol–water partition coefficient (Wildman–Crippen LogP) is 16.0. The number of fused-ring (bicyclic) bond motifs is 11. The fraction of sp³-hybridized carbons (Fsp3) is 0.333. The molecule has 1 fully saturated rings. The van der Waals surface area contributed by atoms with Crippen LogP contribution in [0.5, 0.6) is 0 Å². The van der Waals surface area contributed by atoms with Crippen LogP contribution in [-0.4, -0.2) is 12.4 Å². The quantitative estimate of drug-likeness (QED) is 0.164. The average Bonchev–Trinajstić information content (AvgIpc) is 3.78. The summed E-state index contributed by atoms with van der Waals surface area (Å²) in [5, 5.41) is 2.40. The van der Waals surface area contributed by atoms with Gasteiger partial charge in [0.1, 0.15) is 11.2 Å². The summed E-state index contributed by atoms with van der Waals surface area (Å²) in [7, 11) is 0. The maximum atomic E-state index is 7.16. The summed E-state index contributed by atoms with van der Waals surface area (Å²) in [6.07, 6.45) is 7.13. The van der Waals surface area contributed by atoms with Crippen LogP contribution in [0.1, 0.15) is 129 Å². The number of para-hydroxylation sites is 3. The van der Waals surface area contributed by atoms with Crippen LogP contribution in [0.15, 0.2) is 138 Å². The van der Waals surface area contributed by atoms with E-state index in [4.69, 9.17) is 4.42 Å². The minimum atomic E-state index is -0.126. The van der Waals surface area contributed by atoms with Gasteiger partial charge >= 0.3 is 6.85 Å². The lowest BCUT2D eigenvalue weighted by Gasteiger charge is -2.53. The van der Waals surface area contributed by atoms with Crippen LogP contribution in [0.4, 0.5) is 39.8 Å². The lowest BCUT2D eigenvalue weighted by molar-refractivity contribution is 0.195. The fourth-order valence-corrected chi connectivity index (χ4v) is 13.9. The maximum absolute atomic E-state index is 7.16. The van der Waals surface area contributed by atoms with E-state index in [2.05, 4.69) is 217 Å². The van der Waals surface area contributed by atoms with E-state index < -0.39 is 0 Å². The molecular formula is C63H64BN3O. The summed E-state index contributed by atoms with van der Waals surface area (Å²) in [5.41, 5.74) is 23.0. The highest BCUT2D eigenvalue weighted by Gasteiger charge is 2.62. The van der Waals surface area contributed by atoms with Crippen molar-refractivity contribution in [3.8, 4) is 11.1 Å². The van der Waals surface area contributed by atoms with Gasteiger partial charge in [-0.3, -0.25) is 0 Å². The molecule has 2 aliphatic carbocycles. The summed E-state index contributed by atoms with van der Waals surface area (Å²) in [6, 6.07) is 51.3. The number of hydrogen-bond acceptors (Lipinski definition) is 4. The third-order valence-corrected chi connectivity index (χ3v) is 18.1. The maximum Gasteiger partial charge on any atom is 0.333 e. The molecule has 1 saturated carbocycles. The number of furan rings is 1. The van der Waals surface area contributed by atoms with Crippen LogP contribution >= 0.6 is 0 Å². The molecule has 13 rings (SSSR count). The molecule has 0 radical (unpaired) electrons. The number of aryl methyl sites for hydroxylation is 1. The molecule has 4 nitrogen and oxygen atoms in total. The molecule has 5 aliphatic rings. The largest absolute Gasteiger partial charge is 0.456 e. The highest BCUT2D eigenvalue weighted by molar-refractivity contribution is 6.93. The molecule has 0 saturated heterocycles. The summed E-state index contributed by atoms with van der Waals surface area (Å²) in [5.74, 6) is 0. The molecule has 0 bridgehead atoms. The number of benzene rings is 7. The Balaban J connectivity index is 1.19. The summed E-state index contributed by atoms with van der Waals surface area (Å²) in [6.45, 7) is 24.3. The van der Waals surface area contributed by atoms with Gasteiger partial charge < -0.3 is 19.0 Å². The first-order valence-electron chi connectivity index (χ1n) is 25.5. The molecule has 1 aromatic heterocycles. The van der Waals surface area contributed by atoms with E-state index in [1.54, 1.807) is 0 Å². The molecule has 7 aromatic carbocycles. The van der Waals surface area contributed by atoms with Gasteiger partial charge in [0.2, 0.25) is 0 Å². The van der Waals surface area contributed by atoms with E-state index in [1.165, 1.54) is 121 Å². The summed E-state index contributed by atoms with van der Waals surface area (Å²) >= 11 is 0. The number of anilines is 7. The van der Waals surface area contributed by atoms with E-state index in [-0.39, 0.29) is 34.0 Å². The van der Waals surface area contributed by atoms with Gasteiger partial charge in [-0.2, -0.15) is 0 Å². The molecule has 5 heteroatoms. The van der Waals surface area contributed by atoms with Gasteiger partial charge in [0.05, 0.1) is 5.54 Å². The zero-order valence-electron chi connectivity index (χ0n) is 41.8. The molecule has 0 amide bonds. The number of nitrogens with zero attached hydrogens (tertiary/aromatic N) is 3. The number of rotatable bonds is 4. The minimum Gasteiger partial charge on any atom is -0.456 e. The first-order chi connectivity index (χ1) is 32.5. The van der Waals surface area contributed by atoms with Crippen molar-refractivity contribution in [2.45, 2.75) is 135 Å².